The summed E-state index contributed by atoms with van der Waals surface area (Å²) in [4.78, 5) is 17.4. The number of halogens is 1. The van der Waals surface area contributed by atoms with Crippen molar-refractivity contribution in [3.8, 4) is 0 Å². The molecule has 7 heteroatoms. The van der Waals surface area contributed by atoms with Crippen LogP contribution in [-0.2, 0) is 17.6 Å². The van der Waals surface area contributed by atoms with Gasteiger partial charge in [0.15, 0.2) is 5.76 Å². The van der Waals surface area contributed by atoms with Crippen molar-refractivity contribution in [2.75, 3.05) is 18.8 Å². The van der Waals surface area contributed by atoms with Crippen LogP contribution in [0.5, 0.6) is 0 Å². The van der Waals surface area contributed by atoms with E-state index in [1.807, 2.05) is 24.4 Å². The molecule has 152 valence electrons. The summed E-state index contributed by atoms with van der Waals surface area (Å²) in [7, 11) is 0. The fraction of sp³-hybridized carbons (Fsp3) is 0.273. The number of pyridine rings is 1. The molecule has 0 aliphatic carbocycles. The minimum atomic E-state index is -1.32. The molecule has 1 aliphatic rings. The Bertz CT molecular complexity index is 869. The first-order valence-corrected chi connectivity index (χ1v) is 10.4. The third-order valence-corrected chi connectivity index (χ3v) is 5.67. The Morgan fingerprint density at radius 3 is 2.76 bits per heavy atom. The number of aromatic nitrogens is 1. The predicted molar refractivity (Wildman–Crippen MR) is 112 cm³/mol. The van der Waals surface area contributed by atoms with Crippen LogP contribution in [0.1, 0.15) is 17.5 Å². The summed E-state index contributed by atoms with van der Waals surface area (Å²) in [6.07, 6.45) is 8.43. The highest BCUT2D eigenvalue weighted by atomic mass is 32.2. The molecule has 1 aromatic heterocycles. The van der Waals surface area contributed by atoms with Gasteiger partial charge in [0.2, 0.25) is 0 Å². The molecule has 0 unspecified atom stereocenters. The molecule has 0 amide bonds. The summed E-state index contributed by atoms with van der Waals surface area (Å²) >= 11 is 1.59. The van der Waals surface area contributed by atoms with E-state index in [9.17, 15) is 9.18 Å². The van der Waals surface area contributed by atoms with Gasteiger partial charge in [0.25, 0.3) is 0 Å². The van der Waals surface area contributed by atoms with E-state index in [1.165, 1.54) is 12.1 Å². The summed E-state index contributed by atoms with van der Waals surface area (Å²) in [6, 6.07) is 10.5. The molecule has 0 saturated heterocycles. The lowest BCUT2D eigenvalue weighted by molar-refractivity contribution is 0.119. The molecule has 1 N–H and O–H groups in total. The van der Waals surface area contributed by atoms with Crippen molar-refractivity contribution in [3.05, 3.63) is 88.7 Å². The molecule has 0 radical (unpaired) electrons. The Kier molecular flexibility index (Phi) is 7.69. The highest BCUT2D eigenvalue weighted by Crippen LogP contribution is 2.30. The van der Waals surface area contributed by atoms with Crippen molar-refractivity contribution < 1.29 is 19.0 Å². The van der Waals surface area contributed by atoms with Crippen molar-refractivity contribution in [1.29, 1.82) is 0 Å². The van der Waals surface area contributed by atoms with Crippen molar-refractivity contribution in [3.63, 3.8) is 0 Å². The van der Waals surface area contributed by atoms with Crippen LogP contribution in [0.4, 0.5) is 9.18 Å². The van der Waals surface area contributed by atoms with E-state index >= 15 is 0 Å². The molecule has 1 aliphatic heterocycles. The van der Waals surface area contributed by atoms with E-state index in [-0.39, 0.29) is 5.82 Å². The van der Waals surface area contributed by atoms with E-state index in [2.05, 4.69) is 9.88 Å². The molecule has 0 saturated carbocycles. The van der Waals surface area contributed by atoms with Crippen molar-refractivity contribution in [2.45, 2.75) is 19.3 Å². The number of carboxylic acid groups (broad SMARTS) is 1. The van der Waals surface area contributed by atoms with Crippen LogP contribution in [0, 0.1) is 5.82 Å². The zero-order chi connectivity index (χ0) is 20.5. The largest absolute Gasteiger partial charge is 0.511 e. The number of carbonyl (C=O) groups is 1. The van der Waals surface area contributed by atoms with Gasteiger partial charge in [0, 0.05) is 25.5 Å². The lowest BCUT2D eigenvalue weighted by Gasteiger charge is -2.29. The Morgan fingerprint density at radius 2 is 2.03 bits per heavy atom. The van der Waals surface area contributed by atoms with Crippen molar-refractivity contribution in [2.24, 2.45) is 0 Å². The summed E-state index contributed by atoms with van der Waals surface area (Å²) in [5, 5.41) is 9.89. The third kappa shape index (κ3) is 6.64. The number of aryl methyl sites for hydroxylation is 1. The maximum Gasteiger partial charge on any atom is 0.511 e. The monoisotopic (exact) mass is 414 g/mol. The van der Waals surface area contributed by atoms with Crippen LogP contribution < -0.4 is 0 Å². The molecular weight excluding hydrogens is 391 g/mol. The fourth-order valence-electron chi connectivity index (χ4n) is 3.03. The van der Waals surface area contributed by atoms with E-state index in [0.717, 1.165) is 47.7 Å². The molecule has 2 heterocycles. The summed E-state index contributed by atoms with van der Waals surface area (Å²) < 4.78 is 18.0. The van der Waals surface area contributed by atoms with Gasteiger partial charge in [0.1, 0.15) is 10.8 Å². The molecule has 0 bridgehead atoms. The topological polar surface area (TPSA) is 62.7 Å². The van der Waals surface area contributed by atoms with Crippen LogP contribution in [0.3, 0.4) is 0 Å². The second kappa shape index (κ2) is 10.7. The number of thioether (sulfide) groups is 1. The predicted octanol–water partition coefficient (Wildman–Crippen LogP) is 4.86. The molecular formula is C22H23FN2O3S. The van der Waals surface area contributed by atoms with Crippen LogP contribution in [0.25, 0.3) is 0 Å². The first-order chi connectivity index (χ1) is 14.1. The van der Waals surface area contributed by atoms with Gasteiger partial charge in [-0.2, -0.15) is 0 Å². The Labute approximate surface area is 173 Å². The maximum atomic E-state index is 13.0. The van der Waals surface area contributed by atoms with Gasteiger partial charge >= 0.3 is 6.16 Å². The number of allylic oxidation sites excluding steroid dienone is 1. The highest BCUT2D eigenvalue weighted by molar-refractivity contribution is 8.03. The van der Waals surface area contributed by atoms with Crippen molar-refractivity contribution >= 4 is 17.9 Å². The average Bonchev–Trinajstić information content (AvgIpc) is 2.72. The van der Waals surface area contributed by atoms with Crippen molar-refractivity contribution in [1.82, 2.24) is 9.88 Å². The minimum absolute atomic E-state index is 0.234. The zero-order valence-electron chi connectivity index (χ0n) is 16.0. The van der Waals surface area contributed by atoms with Crippen LogP contribution in [-0.4, -0.2) is 40.0 Å². The molecule has 5 nitrogen and oxygen atoms in total. The third-order valence-electron chi connectivity index (χ3n) is 4.45. The number of ether oxygens (including phenoxy) is 1. The van der Waals surface area contributed by atoms with Gasteiger partial charge in [0.05, 0.1) is 0 Å². The first-order valence-electron chi connectivity index (χ1n) is 9.44. The number of benzene rings is 1. The zero-order valence-corrected chi connectivity index (χ0v) is 16.8. The molecule has 0 fully saturated rings. The lowest BCUT2D eigenvalue weighted by atomic mass is 10.1. The minimum Gasteiger partial charge on any atom is -0.449 e. The first kappa shape index (κ1) is 20.9. The summed E-state index contributed by atoms with van der Waals surface area (Å²) in [5.41, 5.74) is 2.21. The number of rotatable bonds is 9. The second-order valence-electron chi connectivity index (χ2n) is 6.58. The van der Waals surface area contributed by atoms with E-state index in [4.69, 9.17) is 9.84 Å². The Morgan fingerprint density at radius 1 is 1.21 bits per heavy atom. The molecule has 2 aromatic rings. The maximum absolute atomic E-state index is 13.0. The van der Waals surface area contributed by atoms with Gasteiger partial charge < -0.3 is 14.7 Å². The number of hydrogen-bond donors (Lipinski definition) is 1. The van der Waals surface area contributed by atoms with Crippen LogP contribution in [0.2, 0.25) is 0 Å². The summed E-state index contributed by atoms with van der Waals surface area (Å²) in [5.74, 6) is 0.930. The van der Waals surface area contributed by atoms with Gasteiger partial charge in [-0.1, -0.05) is 24.3 Å². The normalized spacial score (nSPS) is 13.6. The van der Waals surface area contributed by atoms with Gasteiger partial charge in [-0.25, -0.2) is 9.18 Å². The second-order valence-corrected chi connectivity index (χ2v) is 7.66. The number of hydrogen-bond acceptors (Lipinski definition) is 5. The number of nitrogens with zero attached hydrogens (tertiary/aromatic N) is 2. The molecule has 0 spiro atoms. The molecule has 1 aromatic carbocycles. The smallest absolute Gasteiger partial charge is 0.449 e. The Hall–Kier alpha value is -2.80. The quantitative estimate of drug-likeness (QED) is 0.467. The van der Waals surface area contributed by atoms with E-state index in [0.29, 0.717) is 12.3 Å². The average molecular weight is 415 g/mol. The van der Waals surface area contributed by atoms with E-state index < -0.39 is 6.16 Å². The highest BCUT2D eigenvalue weighted by Gasteiger charge is 2.20. The SMILES string of the molecule is O=C(O)OC1=C(SCCCc2ccc(F)cc2)N(CCc2cccnc2)CC=C1. The fourth-order valence-corrected chi connectivity index (χ4v) is 4.11. The molecule has 0 atom stereocenters. The van der Waals surface area contributed by atoms with Crippen LogP contribution in [0.15, 0.2) is 71.7 Å². The molecule has 3 rings (SSSR count). The van der Waals surface area contributed by atoms with Crippen LogP contribution >= 0.6 is 11.8 Å². The standard InChI is InChI=1S/C22H23FN2O3S/c23-19-9-7-17(8-10-19)5-3-15-29-21-20(28-22(26)27)6-2-13-25(21)14-11-18-4-1-12-24-16-18/h1-2,4,6-10,12,16H,3,5,11,13-15H2,(H,26,27). The Balaban J connectivity index is 1.61. The lowest BCUT2D eigenvalue weighted by Crippen LogP contribution is -2.28. The van der Waals surface area contributed by atoms with Gasteiger partial charge in [-0.3, -0.25) is 4.98 Å². The summed E-state index contributed by atoms with van der Waals surface area (Å²) in [6.45, 7) is 1.44. The van der Waals surface area contributed by atoms with E-state index in [1.54, 1.807) is 36.2 Å². The van der Waals surface area contributed by atoms with Gasteiger partial charge in [-0.15, -0.1) is 11.8 Å². The molecule has 29 heavy (non-hydrogen) atoms. The van der Waals surface area contributed by atoms with Gasteiger partial charge in [-0.05, 0) is 60.4 Å².